The third-order valence-electron chi connectivity index (χ3n) is 1.99. The fourth-order valence-corrected chi connectivity index (χ4v) is 3.48. The van der Waals surface area contributed by atoms with Crippen molar-refractivity contribution in [2.45, 2.75) is 37.2 Å². The molecule has 1 rings (SSSR count). The summed E-state index contributed by atoms with van der Waals surface area (Å²) in [7, 11) is 0. The van der Waals surface area contributed by atoms with Gasteiger partial charge >= 0.3 is 0 Å². The van der Waals surface area contributed by atoms with Gasteiger partial charge in [-0.25, -0.2) is 0 Å². The maximum absolute atomic E-state index is 2.38. The summed E-state index contributed by atoms with van der Waals surface area (Å²) in [6.07, 6.45) is 1.32. The minimum absolute atomic E-state index is 0.639. The summed E-state index contributed by atoms with van der Waals surface area (Å²) in [4.78, 5) is 0. The van der Waals surface area contributed by atoms with Crippen molar-refractivity contribution >= 4 is 23.5 Å². The molecule has 60 valence electrons. The molecule has 0 amide bonds. The van der Waals surface area contributed by atoms with Crippen LogP contribution < -0.4 is 0 Å². The van der Waals surface area contributed by atoms with Crippen molar-refractivity contribution in [2.75, 3.05) is 11.5 Å². The summed E-state index contributed by atoms with van der Waals surface area (Å²) < 4.78 is 0.639. The van der Waals surface area contributed by atoms with E-state index in [4.69, 9.17) is 0 Å². The van der Waals surface area contributed by atoms with Crippen LogP contribution >= 0.6 is 23.5 Å². The molecule has 0 aromatic rings. The van der Waals surface area contributed by atoms with E-state index in [0.29, 0.717) is 4.75 Å². The monoisotopic (exact) mass is 176 g/mol. The van der Waals surface area contributed by atoms with Gasteiger partial charge < -0.3 is 0 Å². The van der Waals surface area contributed by atoms with Crippen LogP contribution in [0.1, 0.15) is 27.2 Å². The van der Waals surface area contributed by atoms with Crippen molar-refractivity contribution in [1.29, 1.82) is 0 Å². The molecule has 1 aliphatic rings. The minimum Gasteiger partial charge on any atom is -0.161 e. The van der Waals surface area contributed by atoms with Crippen LogP contribution in [0.3, 0.4) is 0 Å². The lowest BCUT2D eigenvalue weighted by molar-refractivity contribution is 0.813. The van der Waals surface area contributed by atoms with Crippen molar-refractivity contribution in [3.63, 3.8) is 0 Å². The zero-order chi connectivity index (χ0) is 7.61. The average Bonchev–Trinajstić information content (AvgIpc) is 2.42. The standard InChI is InChI=1S/C8H16S2/c1-4-5-9-6-8(3)7(2)10-8/h7H,4-6H2,1-3H3. The molecule has 0 spiro atoms. The van der Waals surface area contributed by atoms with E-state index < -0.39 is 0 Å². The second-order valence-electron chi connectivity index (χ2n) is 3.13. The molecule has 0 nitrogen and oxygen atoms in total. The van der Waals surface area contributed by atoms with Crippen LogP contribution in [0.25, 0.3) is 0 Å². The summed E-state index contributed by atoms with van der Waals surface area (Å²) in [5, 5.41) is 0.914. The lowest BCUT2D eigenvalue weighted by Crippen LogP contribution is -2.10. The molecule has 1 fully saturated rings. The fourth-order valence-electron chi connectivity index (χ4n) is 0.940. The maximum Gasteiger partial charge on any atom is 0.0341 e. The molecule has 0 aromatic carbocycles. The normalized spacial score (nSPS) is 38.1. The van der Waals surface area contributed by atoms with Crippen LogP contribution in [0.15, 0.2) is 0 Å². The molecule has 2 unspecified atom stereocenters. The molecule has 1 heterocycles. The number of hydrogen-bond acceptors (Lipinski definition) is 2. The Hall–Kier alpha value is 0.700. The first-order chi connectivity index (χ1) is 4.69. The highest BCUT2D eigenvalue weighted by molar-refractivity contribution is 8.10. The molecule has 0 saturated carbocycles. The smallest absolute Gasteiger partial charge is 0.0341 e. The van der Waals surface area contributed by atoms with Gasteiger partial charge in [-0.3, -0.25) is 0 Å². The van der Waals surface area contributed by atoms with Crippen LogP contribution in [-0.2, 0) is 0 Å². The Morgan fingerprint density at radius 2 is 2.20 bits per heavy atom. The number of rotatable bonds is 4. The van der Waals surface area contributed by atoms with Gasteiger partial charge in [0.25, 0.3) is 0 Å². The van der Waals surface area contributed by atoms with E-state index in [1.54, 1.807) is 0 Å². The van der Waals surface area contributed by atoms with Gasteiger partial charge in [-0.05, 0) is 19.1 Å². The summed E-state index contributed by atoms with van der Waals surface area (Å²) in [5.41, 5.74) is 0. The van der Waals surface area contributed by atoms with Gasteiger partial charge in [0.2, 0.25) is 0 Å². The minimum atomic E-state index is 0.639. The third kappa shape index (κ3) is 2.09. The number of hydrogen-bond donors (Lipinski definition) is 0. The highest BCUT2D eigenvalue weighted by Gasteiger charge is 2.47. The fraction of sp³-hybridized carbons (Fsp3) is 1.00. The molecule has 2 atom stereocenters. The quantitative estimate of drug-likeness (QED) is 0.477. The Morgan fingerprint density at radius 3 is 2.60 bits per heavy atom. The summed E-state index contributed by atoms with van der Waals surface area (Å²) in [6, 6.07) is 0. The van der Waals surface area contributed by atoms with Gasteiger partial charge in [-0.15, -0.1) is 11.8 Å². The van der Waals surface area contributed by atoms with Crippen molar-refractivity contribution in [1.82, 2.24) is 0 Å². The molecular weight excluding hydrogens is 160 g/mol. The van der Waals surface area contributed by atoms with Crippen molar-refractivity contribution in [3.8, 4) is 0 Å². The summed E-state index contributed by atoms with van der Waals surface area (Å²) in [6.45, 7) is 6.96. The molecule has 1 saturated heterocycles. The lowest BCUT2D eigenvalue weighted by atomic mass is 10.2. The van der Waals surface area contributed by atoms with Crippen LogP contribution in [-0.4, -0.2) is 21.5 Å². The first-order valence-corrected chi connectivity index (χ1v) is 5.98. The molecule has 2 heteroatoms. The molecule has 10 heavy (non-hydrogen) atoms. The topological polar surface area (TPSA) is 0 Å². The van der Waals surface area contributed by atoms with E-state index in [9.17, 15) is 0 Å². The van der Waals surface area contributed by atoms with Crippen LogP contribution in [0.2, 0.25) is 0 Å². The van der Waals surface area contributed by atoms with Crippen molar-refractivity contribution in [2.24, 2.45) is 0 Å². The van der Waals surface area contributed by atoms with E-state index in [0.717, 1.165) is 5.25 Å². The van der Waals surface area contributed by atoms with Gasteiger partial charge in [0.05, 0.1) is 0 Å². The largest absolute Gasteiger partial charge is 0.161 e. The van der Waals surface area contributed by atoms with Crippen molar-refractivity contribution < 1.29 is 0 Å². The first kappa shape index (κ1) is 8.79. The molecule has 0 N–H and O–H groups in total. The molecule has 0 aliphatic carbocycles. The molecule has 1 aliphatic heterocycles. The van der Waals surface area contributed by atoms with Gasteiger partial charge in [0.15, 0.2) is 0 Å². The first-order valence-electron chi connectivity index (χ1n) is 3.94. The summed E-state index contributed by atoms with van der Waals surface area (Å²) >= 11 is 4.23. The van der Waals surface area contributed by atoms with E-state index >= 15 is 0 Å². The van der Waals surface area contributed by atoms with Gasteiger partial charge in [-0.1, -0.05) is 13.8 Å². The van der Waals surface area contributed by atoms with E-state index in [1.807, 2.05) is 0 Å². The zero-order valence-corrected chi connectivity index (χ0v) is 8.65. The van der Waals surface area contributed by atoms with Crippen LogP contribution in [0.4, 0.5) is 0 Å². The van der Waals surface area contributed by atoms with Gasteiger partial charge in [0.1, 0.15) is 0 Å². The highest BCUT2D eigenvalue weighted by atomic mass is 32.2. The Balaban J connectivity index is 2.03. The van der Waals surface area contributed by atoms with Gasteiger partial charge in [0, 0.05) is 15.7 Å². The Kier molecular flexibility index (Phi) is 2.99. The second kappa shape index (κ2) is 3.40. The molecule has 0 aromatic heterocycles. The second-order valence-corrected chi connectivity index (χ2v) is 6.11. The van der Waals surface area contributed by atoms with E-state index in [-0.39, 0.29) is 0 Å². The third-order valence-corrected chi connectivity index (χ3v) is 5.33. The average molecular weight is 176 g/mol. The predicted molar refractivity (Wildman–Crippen MR) is 53.1 cm³/mol. The van der Waals surface area contributed by atoms with E-state index in [1.165, 1.54) is 17.9 Å². The van der Waals surface area contributed by atoms with Gasteiger partial charge in [-0.2, -0.15) is 11.8 Å². The summed E-state index contributed by atoms with van der Waals surface area (Å²) in [5.74, 6) is 2.69. The highest BCUT2D eigenvalue weighted by Crippen LogP contribution is 2.54. The molecule has 0 bridgehead atoms. The molecular formula is C8H16S2. The molecule has 0 radical (unpaired) electrons. The van der Waals surface area contributed by atoms with Crippen LogP contribution in [0, 0.1) is 0 Å². The Bertz CT molecular complexity index is 114. The SMILES string of the molecule is CCCSCC1(C)SC1C. The lowest BCUT2D eigenvalue weighted by Gasteiger charge is -2.05. The Morgan fingerprint density at radius 1 is 1.60 bits per heavy atom. The van der Waals surface area contributed by atoms with Crippen LogP contribution in [0.5, 0.6) is 0 Å². The van der Waals surface area contributed by atoms with Crippen molar-refractivity contribution in [3.05, 3.63) is 0 Å². The predicted octanol–water partition coefficient (Wildman–Crippen LogP) is 3.02. The maximum atomic E-state index is 2.38. The Labute approximate surface area is 72.5 Å². The number of thioether (sulfide) groups is 2. The van der Waals surface area contributed by atoms with E-state index in [2.05, 4.69) is 44.3 Å². The zero-order valence-electron chi connectivity index (χ0n) is 7.02.